The summed E-state index contributed by atoms with van der Waals surface area (Å²) in [6.45, 7) is 15.0. The highest BCUT2D eigenvalue weighted by molar-refractivity contribution is 7.93. The monoisotopic (exact) mass is 541 g/mol. The maximum absolute atomic E-state index is 15.1. The zero-order valence-electron chi connectivity index (χ0n) is 22.4. The lowest BCUT2D eigenvalue weighted by molar-refractivity contribution is 0.0558. The summed E-state index contributed by atoms with van der Waals surface area (Å²) in [6, 6.07) is 5.79. The number of hydrogen-bond acceptors (Lipinski definition) is 7. The van der Waals surface area contributed by atoms with Gasteiger partial charge in [-0.2, -0.15) is 0 Å². The smallest absolute Gasteiger partial charge is 0.414 e. The van der Waals surface area contributed by atoms with E-state index in [1.54, 1.807) is 26.8 Å². The van der Waals surface area contributed by atoms with Gasteiger partial charge in [-0.15, -0.1) is 0 Å². The third-order valence-corrected chi connectivity index (χ3v) is 13.1. The number of hydrogen-bond donors (Lipinski definition) is 1. The van der Waals surface area contributed by atoms with Crippen molar-refractivity contribution in [2.24, 2.45) is 4.99 Å². The standard InChI is InChI=1S/C24H36FN3O6SSi/c1-22(2,3)34-21(29)26-20-27-24(16-12-10-11-13-17(16)25)15-32-18(19(24)35(30,31)28(20)7)14-33-36(8,9)23(4,5)6/h10-13H,14-15H2,1-9H3,(H,26,27,29). The minimum Gasteiger partial charge on any atom is -0.491 e. The van der Waals surface area contributed by atoms with Crippen LogP contribution in [-0.2, 0) is 29.5 Å². The molecule has 1 amide bonds. The number of benzene rings is 1. The number of carbonyl (C=O) groups excluding carboxylic acids is 1. The molecule has 2 aliphatic heterocycles. The van der Waals surface area contributed by atoms with Crippen molar-refractivity contribution < 1.29 is 31.5 Å². The molecule has 2 heterocycles. The number of nitrogens with zero attached hydrogens (tertiary/aromatic N) is 2. The van der Waals surface area contributed by atoms with Crippen molar-refractivity contribution in [1.82, 2.24) is 9.62 Å². The van der Waals surface area contributed by atoms with Crippen LogP contribution in [0.5, 0.6) is 0 Å². The number of sulfonamides is 1. The van der Waals surface area contributed by atoms with Crippen LogP contribution < -0.4 is 5.32 Å². The number of fused-ring (bicyclic) bond motifs is 1. The van der Waals surface area contributed by atoms with Gasteiger partial charge < -0.3 is 13.9 Å². The first-order valence-electron chi connectivity index (χ1n) is 11.7. The summed E-state index contributed by atoms with van der Waals surface area (Å²) in [5.74, 6) is -0.869. The molecule has 9 nitrogen and oxygen atoms in total. The number of ether oxygens (including phenoxy) is 2. The number of aliphatic imine (C=N–C) groups is 1. The molecule has 200 valence electrons. The van der Waals surface area contributed by atoms with Crippen LogP contribution in [0.1, 0.15) is 47.1 Å². The van der Waals surface area contributed by atoms with Crippen LogP contribution in [0.3, 0.4) is 0 Å². The van der Waals surface area contributed by atoms with Gasteiger partial charge in [-0.05, 0) is 45.0 Å². The minimum atomic E-state index is -4.30. The second kappa shape index (κ2) is 9.14. The summed E-state index contributed by atoms with van der Waals surface area (Å²) in [6.07, 6.45) is -0.889. The van der Waals surface area contributed by atoms with Crippen LogP contribution in [0.2, 0.25) is 18.1 Å². The zero-order chi connectivity index (χ0) is 27.3. The number of carbonyl (C=O) groups is 1. The first kappa shape index (κ1) is 28.1. The van der Waals surface area contributed by atoms with Crippen LogP contribution >= 0.6 is 0 Å². The van der Waals surface area contributed by atoms with Gasteiger partial charge in [0.15, 0.2) is 13.9 Å². The zero-order valence-corrected chi connectivity index (χ0v) is 24.2. The number of guanidine groups is 1. The molecule has 0 saturated carbocycles. The average molecular weight is 542 g/mol. The van der Waals surface area contributed by atoms with Crippen LogP contribution in [0.4, 0.5) is 9.18 Å². The Morgan fingerprint density at radius 3 is 2.39 bits per heavy atom. The first-order chi connectivity index (χ1) is 16.3. The van der Waals surface area contributed by atoms with E-state index in [-0.39, 0.29) is 40.4 Å². The van der Waals surface area contributed by atoms with Gasteiger partial charge in [0.05, 0.1) is 6.61 Å². The van der Waals surface area contributed by atoms with Crippen LogP contribution in [0, 0.1) is 5.82 Å². The van der Waals surface area contributed by atoms with Crippen molar-refractivity contribution in [2.75, 3.05) is 20.3 Å². The molecule has 2 aliphatic rings. The first-order valence-corrected chi connectivity index (χ1v) is 16.0. The Bertz CT molecular complexity index is 1220. The lowest BCUT2D eigenvalue weighted by Gasteiger charge is -2.37. The Morgan fingerprint density at radius 1 is 1.22 bits per heavy atom. The molecule has 0 bridgehead atoms. The van der Waals surface area contributed by atoms with Gasteiger partial charge in [0.2, 0.25) is 5.96 Å². The Labute approximate surface area is 213 Å². The molecule has 1 unspecified atom stereocenters. The Balaban J connectivity index is 2.17. The van der Waals surface area contributed by atoms with Crippen LogP contribution in [0.25, 0.3) is 0 Å². The fourth-order valence-corrected chi connectivity index (χ4v) is 6.18. The third kappa shape index (κ3) is 5.16. The summed E-state index contributed by atoms with van der Waals surface area (Å²) in [7, 11) is -5.31. The van der Waals surface area contributed by atoms with E-state index >= 15 is 4.39 Å². The summed E-state index contributed by atoms with van der Waals surface area (Å²) >= 11 is 0. The van der Waals surface area contributed by atoms with E-state index in [1.165, 1.54) is 25.2 Å². The number of rotatable bonds is 4. The highest BCUT2D eigenvalue weighted by Crippen LogP contribution is 2.49. The fraction of sp³-hybridized carbons (Fsp3) is 0.583. The molecule has 1 atom stereocenters. The van der Waals surface area contributed by atoms with Crippen LogP contribution in [0.15, 0.2) is 39.9 Å². The van der Waals surface area contributed by atoms with E-state index in [1.807, 2.05) is 13.1 Å². The second-order valence-corrected chi connectivity index (χ2v) is 18.2. The minimum absolute atomic E-state index is 0.0162. The summed E-state index contributed by atoms with van der Waals surface area (Å²) in [5, 5.41) is 2.29. The van der Waals surface area contributed by atoms with Gasteiger partial charge in [0.1, 0.15) is 28.7 Å². The van der Waals surface area contributed by atoms with Crippen molar-refractivity contribution in [2.45, 2.75) is 70.8 Å². The number of halogens is 1. The lowest BCUT2D eigenvalue weighted by atomic mass is 9.90. The van der Waals surface area contributed by atoms with Gasteiger partial charge in [-0.25, -0.2) is 26.9 Å². The average Bonchev–Trinajstić information content (AvgIpc) is 3.09. The molecule has 36 heavy (non-hydrogen) atoms. The van der Waals surface area contributed by atoms with Crippen molar-refractivity contribution in [3.63, 3.8) is 0 Å². The highest BCUT2D eigenvalue weighted by Gasteiger charge is 2.57. The van der Waals surface area contributed by atoms with E-state index in [2.05, 4.69) is 31.1 Å². The SMILES string of the molecule is CN1C(NC(=O)OC(C)(C)C)=NC2(c3ccccc3F)COC(CO[Si](C)(C)C(C)(C)C)=C2S1(=O)=O. The van der Waals surface area contributed by atoms with Gasteiger partial charge in [0, 0.05) is 12.6 Å². The van der Waals surface area contributed by atoms with Gasteiger partial charge in [-0.3, -0.25) is 5.32 Å². The number of amides is 1. The molecule has 0 saturated heterocycles. The maximum Gasteiger partial charge on any atom is 0.414 e. The van der Waals surface area contributed by atoms with E-state index < -0.39 is 41.4 Å². The van der Waals surface area contributed by atoms with Crippen molar-refractivity contribution in [1.29, 1.82) is 0 Å². The summed E-state index contributed by atoms with van der Waals surface area (Å²) in [5.41, 5.74) is -2.55. The largest absolute Gasteiger partial charge is 0.491 e. The maximum atomic E-state index is 15.1. The van der Waals surface area contributed by atoms with E-state index in [0.29, 0.717) is 0 Å². The molecule has 0 aliphatic carbocycles. The highest BCUT2D eigenvalue weighted by atomic mass is 32.2. The fourth-order valence-electron chi connectivity index (χ4n) is 3.62. The second-order valence-electron chi connectivity index (χ2n) is 11.5. The van der Waals surface area contributed by atoms with Gasteiger partial charge >= 0.3 is 6.09 Å². The molecule has 3 rings (SSSR count). The molecule has 1 aromatic carbocycles. The molecule has 12 heteroatoms. The Kier molecular flexibility index (Phi) is 7.14. The Hall–Kier alpha value is -2.44. The molecule has 0 fully saturated rings. The van der Waals surface area contributed by atoms with E-state index in [4.69, 9.17) is 13.9 Å². The number of alkyl carbamates (subject to hydrolysis) is 1. The topological polar surface area (TPSA) is 107 Å². The van der Waals surface area contributed by atoms with Crippen molar-refractivity contribution in [3.8, 4) is 0 Å². The predicted molar refractivity (Wildman–Crippen MR) is 138 cm³/mol. The quantitative estimate of drug-likeness (QED) is 0.565. The van der Waals surface area contributed by atoms with Crippen LogP contribution in [-0.4, -0.2) is 59.0 Å². The Morgan fingerprint density at radius 2 is 1.83 bits per heavy atom. The molecule has 0 spiro atoms. The van der Waals surface area contributed by atoms with Crippen molar-refractivity contribution >= 4 is 30.4 Å². The van der Waals surface area contributed by atoms with Gasteiger partial charge in [0.25, 0.3) is 10.0 Å². The van der Waals surface area contributed by atoms with Gasteiger partial charge in [-0.1, -0.05) is 39.0 Å². The molecule has 0 radical (unpaired) electrons. The number of nitrogens with one attached hydrogen (secondary N) is 1. The predicted octanol–water partition coefficient (Wildman–Crippen LogP) is 4.44. The molecule has 1 N–H and O–H groups in total. The van der Waals surface area contributed by atoms with E-state index in [9.17, 15) is 13.2 Å². The molecule has 1 aromatic rings. The lowest BCUT2D eigenvalue weighted by Crippen LogP contribution is -2.54. The summed E-state index contributed by atoms with van der Waals surface area (Å²) < 4.78 is 61.1. The van der Waals surface area contributed by atoms with Crippen molar-refractivity contribution in [3.05, 3.63) is 46.3 Å². The van der Waals surface area contributed by atoms with E-state index in [0.717, 1.165) is 4.31 Å². The summed E-state index contributed by atoms with van der Waals surface area (Å²) in [4.78, 5) is 16.9. The third-order valence-electron chi connectivity index (χ3n) is 6.60. The molecular weight excluding hydrogens is 505 g/mol. The molecule has 0 aromatic heterocycles. The normalized spacial score (nSPS) is 22.1. The molecular formula is C24H36FN3O6SSi.